The van der Waals surface area contributed by atoms with E-state index in [4.69, 9.17) is 4.74 Å². The van der Waals surface area contributed by atoms with E-state index in [1.165, 1.54) is 32.9 Å². The van der Waals surface area contributed by atoms with Crippen molar-refractivity contribution in [3.05, 3.63) is 32.3 Å². The number of ether oxygens (including phenoxy) is 1. The quantitative estimate of drug-likeness (QED) is 0.393. The Hall–Kier alpha value is -2.17. The minimum absolute atomic E-state index is 0.176. The van der Waals surface area contributed by atoms with E-state index in [-0.39, 0.29) is 17.6 Å². The number of carbonyl (C=O) groups excluding carboxylic acids is 2. The van der Waals surface area contributed by atoms with Crippen LogP contribution < -0.4 is 5.32 Å². The summed E-state index contributed by atoms with van der Waals surface area (Å²) >= 11 is 4.49. The van der Waals surface area contributed by atoms with Crippen LogP contribution in [0.2, 0.25) is 0 Å². The fourth-order valence-corrected chi connectivity index (χ4v) is 6.30. The van der Waals surface area contributed by atoms with Crippen molar-refractivity contribution in [2.75, 3.05) is 17.7 Å². The van der Waals surface area contributed by atoms with E-state index < -0.39 is 0 Å². The van der Waals surface area contributed by atoms with Crippen LogP contribution in [0.3, 0.4) is 0 Å². The van der Waals surface area contributed by atoms with Crippen LogP contribution in [0, 0.1) is 6.92 Å². The van der Waals surface area contributed by atoms with Crippen LogP contribution in [0.4, 0.5) is 5.00 Å². The summed E-state index contributed by atoms with van der Waals surface area (Å²) in [5.74, 6) is 0.432. The third kappa shape index (κ3) is 4.70. The molecule has 4 rings (SSSR count). The summed E-state index contributed by atoms with van der Waals surface area (Å²) in [4.78, 5) is 27.6. The van der Waals surface area contributed by atoms with Crippen LogP contribution in [-0.2, 0) is 29.4 Å². The summed E-state index contributed by atoms with van der Waals surface area (Å²) in [6.45, 7) is 4.15. The van der Waals surface area contributed by atoms with Gasteiger partial charge in [0, 0.05) is 27.7 Å². The van der Waals surface area contributed by atoms with Gasteiger partial charge in [0.1, 0.15) is 5.00 Å². The lowest BCUT2D eigenvalue weighted by molar-refractivity contribution is -0.113. The number of aryl methyl sites for hydroxylation is 2. The van der Waals surface area contributed by atoms with E-state index in [1.54, 1.807) is 18.3 Å². The third-order valence-electron chi connectivity index (χ3n) is 5.06. The van der Waals surface area contributed by atoms with Gasteiger partial charge >= 0.3 is 5.97 Å². The minimum Gasteiger partial charge on any atom is -0.462 e. The van der Waals surface area contributed by atoms with E-state index >= 15 is 0 Å². The number of fused-ring (bicyclic) bond motifs is 1. The van der Waals surface area contributed by atoms with E-state index in [1.807, 2.05) is 11.6 Å². The normalized spacial score (nSPS) is 13.1. The monoisotopic (exact) mass is 476 g/mol. The summed E-state index contributed by atoms with van der Waals surface area (Å²) in [6.07, 6.45) is 3.96. The molecule has 0 saturated carbocycles. The summed E-state index contributed by atoms with van der Waals surface area (Å²) in [6, 6.07) is 2.07. The van der Waals surface area contributed by atoms with Crippen molar-refractivity contribution in [3.63, 3.8) is 0 Å². The van der Waals surface area contributed by atoms with Crippen molar-refractivity contribution in [3.8, 4) is 11.4 Å². The van der Waals surface area contributed by atoms with Gasteiger partial charge in [0.05, 0.1) is 17.9 Å². The van der Waals surface area contributed by atoms with Crippen molar-refractivity contribution in [1.82, 2.24) is 14.8 Å². The van der Waals surface area contributed by atoms with Crippen LogP contribution >= 0.6 is 34.4 Å². The van der Waals surface area contributed by atoms with Crippen LogP contribution in [0.5, 0.6) is 0 Å². The van der Waals surface area contributed by atoms with Crippen LogP contribution in [0.25, 0.3) is 11.4 Å². The number of hydrogen-bond acceptors (Lipinski definition) is 8. The molecule has 0 atom stereocenters. The molecule has 3 heterocycles. The molecule has 0 radical (unpaired) electrons. The molecule has 1 aliphatic carbocycles. The van der Waals surface area contributed by atoms with Crippen molar-refractivity contribution in [1.29, 1.82) is 0 Å². The molecule has 0 saturated heterocycles. The number of aromatic nitrogens is 3. The lowest BCUT2D eigenvalue weighted by atomic mass is 9.95. The largest absolute Gasteiger partial charge is 0.462 e. The topological polar surface area (TPSA) is 86.1 Å². The van der Waals surface area contributed by atoms with Gasteiger partial charge in [-0.3, -0.25) is 4.79 Å². The number of nitrogens with zero attached hydrogens (tertiary/aromatic N) is 3. The molecule has 0 unspecified atom stereocenters. The minimum atomic E-state index is -0.353. The van der Waals surface area contributed by atoms with Gasteiger partial charge < -0.3 is 14.6 Å². The Labute approximate surface area is 193 Å². The molecule has 10 heteroatoms. The first-order valence-electron chi connectivity index (χ1n) is 10.2. The number of carbonyl (C=O) groups is 2. The van der Waals surface area contributed by atoms with Gasteiger partial charge in [-0.1, -0.05) is 11.8 Å². The number of nitrogens with one attached hydrogen (secondary N) is 1. The van der Waals surface area contributed by atoms with Gasteiger partial charge in [-0.15, -0.1) is 32.9 Å². The number of esters is 1. The van der Waals surface area contributed by atoms with Crippen molar-refractivity contribution in [2.24, 2.45) is 7.05 Å². The average Bonchev–Trinajstić information content (AvgIpc) is 3.43. The van der Waals surface area contributed by atoms with Crippen molar-refractivity contribution >= 4 is 51.3 Å². The van der Waals surface area contributed by atoms with Crippen LogP contribution in [-0.4, -0.2) is 39.0 Å². The Morgan fingerprint density at radius 3 is 2.84 bits per heavy atom. The molecule has 0 spiro atoms. The number of hydrogen-bond donors (Lipinski definition) is 1. The Bertz CT molecular complexity index is 1120. The van der Waals surface area contributed by atoms with E-state index in [0.29, 0.717) is 22.3 Å². The number of thiophene rings is 2. The third-order valence-corrected chi connectivity index (χ3v) is 8.15. The van der Waals surface area contributed by atoms with E-state index in [9.17, 15) is 9.59 Å². The van der Waals surface area contributed by atoms with Gasteiger partial charge in [-0.05, 0) is 51.2 Å². The van der Waals surface area contributed by atoms with E-state index in [0.717, 1.165) is 42.6 Å². The molecule has 164 valence electrons. The molecule has 0 fully saturated rings. The molecule has 0 bridgehead atoms. The number of amides is 1. The Morgan fingerprint density at radius 2 is 2.10 bits per heavy atom. The fraction of sp³-hybridized carbons (Fsp3) is 0.429. The second-order valence-electron chi connectivity index (χ2n) is 7.28. The maximum Gasteiger partial charge on any atom is 0.341 e. The molecule has 3 aromatic heterocycles. The van der Waals surface area contributed by atoms with Gasteiger partial charge in [0.2, 0.25) is 5.91 Å². The van der Waals surface area contributed by atoms with E-state index in [2.05, 4.69) is 33.9 Å². The van der Waals surface area contributed by atoms with Gasteiger partial charge in [-0.2, -0.15) is 0 Å². The molecule has 1 N–H and O–H groups in total. The summed E-state index contributed by atoms with van der Waals surface area (Å²) in [5.41, 5.74) is 2.60. The fourth-order valence-electron chi connectivity index (χ4n) is 3.62. The molecular weight excluding hydrogens is 452 g/mol. The summed E-state index contributed by atoms with van der Waals surface area (Å²) < 4.78 is 7.15. The molecule has 31 heavy (non-hydrogen) atoms. The molecule has 7 nitrogen and oxygen atoms in total. The highest BCUT2D eigenvalue weighted by molar-refractivity contribution is 7.99. The molecule has 3 aromatic rings. The molecule has 1 aliphatic rings. The molecular formula is C21H24N4O3S3. The Kier molecular flexibility index (Phi) is 6.78. The number of thioether (sulfide) groups is 1. The zero-order valence-corrected chi connectivity index (χ0v) is 20.1. The highest BCUT2D eigenvalue weighted by Gasteiger charge is 2.27. The second-order valence-corrected chi connectivity index (χ2v) is 10.4. The molecule has 0 aliphatic heterocycles. The maximum atomic E-state index is 12.7. The SMILES string of the molecule is CCOC(=O)c1c(NC(=O)CSc2nnc(-c3csc(C)c3)n2C)sc2c1CCCC2. The molecule has 1 amide bonds. The zero-order valence-electron chi connectivity index (χ0n) is 17.7. The first-order valence-corrected chi connectivity index (χ1v) is 12.8. The maximum absolute atomic E-state index is 12.7. The zero-order chi connectivity index (χ0) is 22.0. The highest BCUT2D eigenvalue weighted by Crippen LogP contribution is 2.38. The summed E-state index contributed by atoms with van der Waals surface area (Å²) in [5, 5.41) is 14.8. The lowest BCUT2D eigenvalue weighted by Crippen LogP contribution is -2.17. The predicted octanol–water partition coefficient (Wildman–Crippen LogP) is 4.70. The standard InChI is InChI=1S/C21H24N4O3S3/c1-4-28-20(27)17-14-7-5-6-8-15(14)31-19(17)22-16(26)11-30-21-24-23-18(25(21)3)13-9-12(2)29-10-13/h9-10H,4-8,11H2,1-3H3,(H,22,26). The van der Waals surface area contributed by atoms with Gasteiger partial charge in [0.15, 0.2) is 11.0 Å². The second kappa shape index (κ2) is 9.54. The first kappa shape index (κ1) is 22.0. The van der Waals surface area contributed by atoms with Gasteiger partial charge in [0.25, 0.3) is 0 Å². The highest BCUT2D eigenvalue weighted by atomic mass is 32.2. The van der Waals surface area contributed by atoms with Gasteiger partial charge in [-0.25, -0.2) is 4.79 Å². The Balaban J connectivity index is 1.46. The van der Waals surface area contributed by atoms with Crippen LogP contribution in [0.15, 0.2) is 16.6 Å². The summed E-state index contributed by atoms with van der Waals surface area (Å²) in [7, 11) is 1.90. The predicted molar refractivity (Wildman–Crippen MR) is 125 cm³/mol. The van der Waals surface area contributed by atoms with Crippen molar-refractivity contribution < 1.29 is 14.3 Å². The number of anilines is 1. The van der Waals surface area contributed by atoms with Crippen LogP contribution in [0.1, 0.15) is 45.4 Å². The smallest absolute Gasteiger partial charge is 0.341 e. The molecule has 0 aromatic carbocycles. The lowest BCUT2D eigenvalue weighted by Gasteiger charge is -2.12. The van der Waals surface area contributed by atoms with Crippen molar-refractivity contribution in [2.45, 2.75) is 44.7 Å². The average molecular weight is 477 g/mol. The first-order chi connectivity index (χ1) is 15.0. The Morgan fingerprint density at radius 1 is 1.29 bits per heavy atom. The number of rotatable bonds is 7.